The smallest absolute Gasteiger partial charge is 0.329 e. The maximum Gasteiger partial charge on any atom is 0.405 e. The molecule has 0 saturated carbocycles. The quantitative estimate of drug-likeness (QED) is 0.778. The molecule has 1 aromatic rings. The van der Waals surface area contributed by atoms with Gasteiger partial charge in [-0.2, -0.15) is 13.2 Å². The zero-order valence-corrected chi connectivity index (χ0v) is 12.3. The molecule has 1 aromatic heterocycles. The number of nitrogens with one attached hydrogen (secondary N) is 3. The lowest BCUT2D eigenvalue weighted by atomic mass is 10.2. The van der Waals surface area contributed by atoms with Gasteiger partial charge in [-0.05, 0) is 25.3 Å². The molecule has 0 aliphatic heterocycles. The lowest BCUT2D eigenvalue weighted by Gasteiger charge is -2.18. The van der Waals surface area contributed by atoms with Crippen molar-refractivity contribution < 1.29 is 22.8 Å². The van der Waals surface area contributed by atoms with Gasteiger partial charge in [0.2, 0.25) is 5.91 Å². The first-order valence-corrected chi connectivity index (χ1v) is 7.02. The van der Waals surface area contributed by atoms with Crippen LogP contribution >= 0.6 is 11.3 Å². The summed E-state index contributed by atoms with van der Waals surface area (Å²) >= 11 is 1.51. The summed E-state index contributed by atoms with van der Waals surface area (Å²) in [5.41, 5.74) is 0. The number of carbonyl (C=O) groups excluding carboxylic acids is 2. The lowest BCUT2D eigenvalue weighted by molar-refractivity contribution is -0.125. The molecule has 1 heterocycles. The molecule has 3 N–H and O–H groups in total. The zero-order chi connectivity index (χ0) is 16.0. The van der Waals surface area contributed by atoms with Crippen molar-refractivity contribution >= 4 is 23.3 Å². The maximum absolute atomic E-state index is 11.9. The monoisotopic (exact) mass is 323 g/mol. The molecule has 0 unspecified atom stereocenters. The second-order valence-electron chi connectivity index (χ2n) is 4.41. The van der Waals surface area contributed by atoms with E-state index in [2.05, 4.69) is 5.32 Å². The van der Waals surface area contributed by atoms with Crippen LogP contribution in [0, 0.1) is 0 Å². The molecule has 1 rings (SSSR count). The van der Waals surface area contributed by atoms with Gasteiger partial charge in [0.25, 0.3) is 0 Å². The average molecular weight is 323 g/mol. The van der Waals surface area contributed by atoms with E-state index in [0.29, 0.717) is 0 Å². The highest BCUT2D eigenvalue weighted by Crippen LogP contribution is 2.18. The van der Waals surface area contributed by atoms with Gasteiger partial charge in [0, 0.05) is 10.9 Å². The number of amides is 3. The molecule has 0 aliphatic rings. The summed E-state index contributed by atoms with van der Waals surface area (Å²) in [6, 6.07) is 1.76. The summed E-state index contributed by atoms with van der Waals surface area (Å²) < 4.78 is 35.7. The molecule has 0 aromatic carbocycles. The molecule has 0 spiro atoms. The van der Waals surface area contributed by atoms with Crippen molar-refractivity contribution in [1.29, 1.82) is 0 Å². The Balaban J connectivity index is 2.39. The van der Waals surface area contributed by atoms with Gasteiger partial charge >= 0.3 is 12.2 Å². The van der Waals surface area contributed by atoms with E-state index in [9.17, 15) is 22.8 Å². The Morgan fingerprint density at radius 3 is 2.52 bits per heavy atom. The van der Waals surface area contributed by atoms with Crippen LogP contribution in [0.2, 0.25) is 0 Å². The number of hydrogen-bond acceptors (Lipinski definition) is 4. The van der Waals surface area contributed by atoms with Gasteiger partial charge in [-0.15, -0.1) is 11.3 Å². The topological polar surface area (TPSA) is 70.2 Å². The summed E-state index contributed by atoms with van der Waals surface area (Å²) in [5.74, 6) is -0.696. The average Bonchev–Trinajstić information content (AvgIpc) is 2.89. The number of urea groups is 1. The number of rotatable bonds is 5. The fourth-order valence-electron chi connectivity index (χ4n) is 1.52. The minimum absolute atomic E-state index is 0.107. The fourth-order valence-corrected chi connectivity index (χ4v) is 2.26. The van der Waals surface area contributed by atoms with E-state index in [0.717, 1.165) is 4.88 Å². The van der Waals surface area contributed by atoms with Crippen molar-refractivity contribution in [3.05, 3.63) is 22.4 Å². The van der Waals surface area contributed by atoms with E-state index < -0.39 is 30.7 Å². The maximum atomic E-state index is 11.9. The minimum atomic E-state index is -4.52. The van der Waals surface area contributed by atoms with E-state index in [1.54, 1.807) is 5.32 Å². The molecule has 3 amide bonds. The van der Waals surface area contributed by atoms with Crippen molar-refractivity contribution in [3.8, 4) is 0 Å². The van der Waals surface area contributed by atoms with Gasteiger partial charge in [-0.3, -0.25) is 15.4 Å². The molecule has 0 aliphatic carbocycles. The molecule has 0 fully saturated rings. The van der Waals surface area contributed by atoms with Crippen molar-refractivity contribution in [3.63, 3.8) is 0 Å². The van der Waals surface area contributed by atoms with Crippen molar-refractivity contribution in [1.82, 2.24) is 16.0 Å². The number of imide groups is 1. The normalized spacial score (nSPS) is 14.3. The van der Waals surface area contributed by atoms with Crippen LogP contribution in [0.15, 0.2) is 17.5 Å². The Morgan fingerprint density at radius 2 is 2.00 bits per heavy atom. The minimum Gasteiger partial charge on any atom is -0.329 e. The third-order valence-corrected chi connectivity index (χ3v) is 3.60. The highest BCUT2D eigenvalue weighted by atomic mass is 32.1. The first-order chi connectivity index (χ1) is 9.69. The van der Waals surface area contributed by atoms with Crippen LogP contribution in [0.4, 0.5) is 18.0 Å². The SMILES string of the molecule is C[C@H](N[C@H](C)c1cccs1)C(=O)NC(=O)NCC(F)(F)F. The van der Waals surface area contributed by atoms with E-state index in [-0.39, 0.29) is 6.04 Å². The molecule has 5 nitrogen and oxygen atoms in total. The Kier molecular flexibility index (Phi) is 6.16. The molecular formula is C12H16F3N3O2S. The van der Waals surface area contributed by atoms with Crippen molar-refractivity contribution in [2.45, 2.75) is 32.1 Å². The molecule has 21 heavy (non-hydrogen) atoms. The van der Waals surface area contributed by atoms with E-state index in [4.69, 9.17) is 0 Å². The number of carbonyl (C=O) groups is 2. The number of thiophene rings is 1. The Labute approximate surface area is 123 Å². The summed E-state index contributed by atoms with van der Waals surface area (Å²) in [6.45, 7) is 1.88. The predicted octanol–water partition coefficient (Wildman–Crippen LogP) is 2.18. The van der Waals surface area contributed by atoms with Crippen LogP contribution in [-0.4, -0.2) is 30.7 Å². The second-order valence-corrected chi connectivity index (χ2v) is 5.39. The molecule has 0 bridgehead atoms. The molecule has 0 saturated heterocycles. The summed E-state index contributed by atoms with van der Waals surface area (Å²) in [7, 11) is 0. The highest BCUT2D eigenvalue weighted by molar-refractivity contribution is 7.10. The molecule has 0 radical (unpaired) electrons. The van der Waals surface area contributed by atoms with Crippen LogP contribution in [0.1, 0.15) is 24.8 Å². The summed E-state index contributed by atoms with van der Waals surface area (Å²) in [6.07, 6.45) is -4.52. The Morgan fingerprint density at radius 1 is 1.33 bits per heavy atom. The highest BCUT2D eigenvalue weighted by Gasteiger charge is 2.28. The number of alkyl halides is 3. The largest absolute Gasteiger partial charge is 0.405 e. The van der Waals surface area contributed by atoms with Crippen LogP contribution in [0.3, 0.4) is 0 Å². The van der Waals surface area contributed by atoms with Crippen molar-refractivity contribution in [2.75, 3.05) is 6.54 Å². The fraction of sp³-hybridized carbons (Fsp3) is 0.500. The van der Waals surface area contributed by atoms with Gasteiger partial charge < -0.3 is 5.32 Å². The van der Waals surface area contributed by atoms with Crippen LogP contribution in [0.5, 0.6) is 0 Å². The van der Waals surface area contributed by atoms with E-state index >= 15 is 0 Å². The van der Waals surface area contributed by atoms with Crippen LogP contribution in [0.25, 0.3) is 0 Å². The summed E-state index contributed by atoms with van der Waals surface area (Å²) in [4.78, 5) is 23.8. The molecule has 9 heteroatoms. The van der Waals surface area contributed by atoms with Crippen LogP contribution < -0.4 is 16.0 Å². The Hall–Kier alpha value is -1.61. The van der Waals surface area contributed by atoms with Gasteiger partial charge in [-0.25, -0.2) is 4.79 Å². The number of hydrogen-bond donors (Lipinski definition) is 3. The Bertz CT molecular complexity index is 477. The third-order valence-electron chi connectivity index (χ3n) is 2.55. The number of halogens is 3. The first kappa shape index (κ1) is 17.4. The lowest BCUT2D eigenvalue weighted by Crippen LogP contribution is -2.49. The third kappa shape index (κ3) is 6.58. The van der Waals surface area contributed by atoms with Crippen molar-refractivity contribution in [2.24, 2.45) is 0 Å². The van der Waals surface area contributed by atoms with Gasteiger partial charge in [-0.1, -0.05) is 6.07 Å². The van der Waals surface area contributed by atoms with Gasteiger partial charge in [0.05, 0.1) is 6.04 Å². The molecular weight excluding hydrogens is 307 g/mol. The van der Waals surface area contributed by atoms with E-state index in [1.807, 2.05) is 29.8 Å². The van der Waals surface area contributed by atoms with Gasteiger partial charge in [0.15, 0.2) is 0 Å². The second kappa shape index (κ2) is 7.41. The van der Waals surface area contributed by atoms with Crippen LogP contribution in [-0.2, 0) is 4.79 Å². The summed E-state index contributed by atoms with van der Waals surface area (Å²) in [5, 5.41) is 8.27. The van der Waals surface area contributed by atoms with Gasteiger partial charge in [0.1, 0.15) is 6.54 Å². The van der Waals surface area contributed by atoms with E-state index in [1.165, 1.54) is 18.3 Å². The first-order valence-electron chi connectivity index (χ1n) is 6.14. The standard InChI is InChI=1S/C12H16F3N3O2S/c1-7(9-4-3-5-21-9)17-8(2)10(19)18-11(20)16-6-12(13,14)15/h3-5,7-8,17H,6H2,1-2H3,(H2,16,18,19,20)/t7-,8+/m1/s1. The predicted molar refractivity (Wildman–Crippen MR) is 72.9 cm³/mol. The molecule has 118 valence electrons. The zero-order valence-electron chi connectivity index (χ0n) is 11.5. The molecule has 2 atom stereocenters.